The third kappa shape index (κ3) is 8.86. The van der Waals surface area contributed by atoms with Crippen molar-refractivity contribution in [1.29, 1.82) is 0 Å². The van der Waals surface area contributed by atoms with E-state index in [4.69, 9.17) is 0 Å². The summed E-state index contributed by atoms with van der Waals surface area (Å²) in [5.41, 5.74) is 1.50. The van der Waals surface area contributed by atoms with Crippen LogP contribution in [-0.4, -0.2) is 32.2 Å². The predicted molar refractivity (Wildman–Crippen MR) is 130 cm³/mol. The smallest absolute Gasteiger partial charge is 0.255 e. The van der Waals surface area contributed by atoms with E-state index in [1.807, 2.05) is 23.7 Å². The van der Waals surface area contributed by atoms with Gasteiger partial charge in [-0.2, -0.15) is 11.8 Å². The summed E-state index contributed by atoms with van der Waals surface area (Å²) in [5, 5.41) is 6.25. The van der Waals surface area contributed by atoms with Crippen molar-refractivity contribution in [2.24, 2.45) is 0 Å². The molecular weight excluding hydrogens is 582 g/mol. The number of H-pyrrole nitrogens is 1. The van der Waals surface area contributed by atoms with Crippen LogP contribution in [0.5, 0.6) is 0 Å². The maximum Gasteiger partial charge on any atom is 0.255 e. The Hall–Kier alpha value is -0.750. The molecule has 0 unspecified atom stereocenters. The van der Waals surface area contributed by atoms with Crippen molar-refractivity contribution in [2.45, 2.75) is 12.2 Å². The molecule has 3 aromatic heterocycles. The van der Waals surface area contributed by atoms with Gasteiger partial charge in [-0.05, 0) is 11.6 Å². The standard InChI is InChI=1S/C16H17N5OS2.3BrH/c22-15-13(8-12-2-1-3-17-9-12)10-20-16(21-15)19-4-6-23-11-14-18-5-7-24-14;;;/h1-3,5,7,9-10H,4,6,8,11H2,(H2,19,20,21,22);3*1H. The van der Waals surface area contributed by atoms with Gasteiger partial charge in [-0.15, -0.1) is 62.3 Å². The van der Waals surface area contributed by atoms with Gasteiger partial charge in [0, 0.05) is 60.2 Å². The van der Waals surface area contributed by atoms with E-state index in [2.05, 4.69) is 25.3 Å². The van der Waals surface area contributed by atoms with Crippen molar-refractivity contribution >= 4 is 80.0 Å². The molecule has 0 aliphatic carbocycles. The van der Waals surface area contributed by atoms with Gasteiger partial charge < -0.3 is 5.32 Å². The Morgan fingerprint density at radius 1 is 1.15 bits per heavy atom. The number of thiazole rings is 1. The fourth-order valence-corrected chi connectivity index (χ4v) is 3.65. The van der Waals surface area contributed by atoms with Crippen LogP contribution in [0.3, 0.4) is 0 Å². The third-order valence-electron chi connectivity index (χ3n) is 3.24. The van der Waals surface area contributed by atoms with E-state index in [1.165, 1.54) is 0 Å². The Labute approximate surface area is 197 Å². The summed E-state index contributed by atoms with van der Waals surface area (Å²) in [6, 6.07) is 3.80. The molecule has 0 saturated carbocycles. The van der Waals surface area contributed by atoms with E-state index < -0.39 is 0 Å². The van der Waals surface area contributed by atoms with Gasteiger partial charge in [-0.25, -0.2) is 9.97 Å². The van der Waals surface area contributed by atoms with Gasteiger partial charge in [0.05, 0.1) is 0 Å². The molecule has 148 valence electrons. The lowest BCUT2D eigenvalue weighted by molar-refractivity contribution is 1.00. The molecule has 3 aromatic rings. The molecule has 0 aromatic carbocycles. The van der Waals surface area contributed by atoms with Crippen LogP contribution in [0.15, 0.2) is 47.1 Å². The van der Waals surface area contributed by atoms with Gasteiger partial charge in [0.25, 0.3) is 5.56 Å². The average Bonchev–Trinajstić information content (AvgIpc) is 3.11. The lowest BCUT2D eigenvalue weighted by Crippen LogP contribution is -2.18. The summed E-state index contributed by atoms with van der Waals surface area (Å²) in [5.74, 6) is 2.33. The Bertz CT molecular complexity index is 818. The second-order valence-electron chi connectivity index (χ2n) is 5.03. The van der Waals surface area contributed by atoms with E-state index in [1.54, 1.807) is 41.7 Å². The van der Waals surface area contributed by atoms with Gasteiger partial charge in [-0.3, -0.25) is 14.8 Å². The molecule has 0 bridgehead atoms. The average molecular weight is 602 g/mol. The topological polar surface area (TPSA) is 83.6 Å². The number of halogens is 3. The summed E-state index contributed by atoms with van der Waals surface area (Å²) in [4.78, 5) is 27.5. The van der Waals surface area contributed by atoms with Gasteiger partial charge in [0.1, 0.15) is 5.01 Å². The van der Waals surface area contributed by atoms with E-state index in [-0.39, 0.29) is 56.5 Å². The quantitative estimate of drug-likeness (QED) is 0.375. The third-order valence-corrected chi connectivity index (χ3v) is 5.17. The highest BCUT2D eigenvalue weighted by Gasteiger charge is 2.04. The van der Waals surface area contributed by atoms with Crippen LogP contribution in [0.1, 0.15) is 16.1 Å². The summed E-state index contributed by atoms with van der Waals surface area (Å²) >= 11 is 3.46. The zero-order valence-corrected chi connectivity index (χ0v) is 20.9. The van der Waals surface area contributed by atoms with Gasteiger partial charge in [0.15, 0.2) is 0 Å². The number of rotatable bonds is 8. The summed E-state index contributed by atoms with van der Waals surface area (Å²) in [6.07, 6.45) is 7.44. The second kappa shape index (κ2) is 14.3. The molecule has 3 heterocycles. The first-order chi connectivity index (χ1) is 11.8. The minimum atomic E-state index is -0.119. The molecule has 27 heavy (non-hydrogen) atoms. The first kappa shape index (κ1) is 26.2. The molecule has 2 N–H and O–H groups in total. The van der Waals surface area contributed by atoms with E-state index in [0.717, 1.165) is 28.6 Å². The molecule has 0 amide bonds. The summed E-state index contributed by atoms with van der Waals surface area (Å²) in [6.45, 7) is 0.737. The Kier molecular flexibility index (Phi) is 13.9. The van der Waals surface area contributed by atoms with E-state index in [9.17, 15) is 4.79 Å². The van der Waals surface area contributed by atoms with Crippen LogP contribution in [0, 0.1) is 0 Å². The predicted octanol–water partition coefficient (Wildman–Crippen LogP) is 4.29. The normalized spacial score (nSPS) is 9.48. The molecular formula is C16H20Br3N5OS2. The highest BCUT2D eigenvalue weighted by Crippen LogP contribution is 2.13. The highest BCUT2D eigenvalue weighted by molar-refractivity contribution is 8.93. The Morgan fingerprint density at radius 3 is 2.67 bits per heavy atom. The molecule has 0 fully saturated rings. The van der Waals surface area contributed by atoms with Crippen molar-refractivity contribution in [3.05, 3.63) is 68.8 Å². The second-order valence-corrected chi connectivity index (χ2v) is 7.11. The number of aromatic amines is 1. The summed E-state index contributed by atoms with van der Waals surface area (Å²) in [7, 11) is 0. The lowest BCUT2D eigenvalue weighted by atomic mass is 10.1. The van der Waals surface area contributed by atoms with E-state index in [0.29, 0.717) is 17.9 Å². The maximum atomic E-state index is 12.1. The van der Waals surface area contributed by atoms with Crippen LogP contribution in [0.4, 0.5) is 5.95 Å². The van der Waals surface area contributed by atoms with Gasteiger partial charge >= 0.3 is 0 Å². The van der Waals surface area contributed by atoms with Crippen LogP contribution in [0.2, 0.25) is 0 Å². The number of thioether (sulfide) groups is 1. The SMILES string of the molecule is Br.Br.Br.O=c1[nH]c(NCCSCc2nccs2)ncc1Cc1cccnc1. The number of anilines is 1. The molecule has 0 aliphatic heterocycles. The first-order valence-corrected chi connectivity index (χ1v) is 9.52. The Balaban J connectivity index is 0.00000225. The monoisotopic (exact) mass is 599 g/mol. The molecule has 0 spiro atoms. The zero-order chi connectivity index (χ0) is 16.6. The minimum Gasteiger partial charge on any atom is -0.355 e. The maximum absolute atomic E-state index is 12.1. The number of nitrogens with zero attached hydrogens (tertiary/aromatic N) is 3. The number of nitrogens with one attached hydrogen (secondary N) is 2. The Morgan fingerprint density at radius 2 is 2.00 bits per heavy atom. The lowest BCUT2D eigenvalue weighted by Gasteiger charge is -2.06. The molecule has 0 atom stereocenters. The van der Waals surface area contributed by atoms with Crippen molar-refractivity contribution in [2.75, 3.05) is 17.6 Å². The largest absolute Gasteiger partial charge is 0.355 e. The number of hydrogen-bond donors (Lipinski definition) is 2. The zero-order valence-electron chi connectivity index (χ0n) is 14.2. The van der Waals surface area contributed by atoms with Crippen molar-refractivity contribution < 1.29 is 0 Å². The van der Waals surface area contributed by atoms with Crippen LogP contribution >= 0.6 is 74.0 Å². The molecule has 3 rings (SSSR count). The fourth-order valence-electron chi connectivity index (χ4n) is 2.08. The van der Waals surface area contributed by atoms with Crippen LogP contribution in [0.25, 0.3) is 0 Å². The van der Waals surface area contributed by atoms with Crippen molar-refractivity contribution in [1.82, 2.24) is 19.9 Å². The fraction of sp³-hybridized carbons (Fsp3) is 0.250. The van der Waals surface area contributed by atoms with Gasteiger partial charge in [-0.1, -0.05) is 6.07 Å². The molecule has 0 aliphatic rings. The first-order valence-electron chi connectivity index (χ1n) is 7.48. The number of pyridine rings is 1. The highest BCUT2D eigenvalue weighted by atomic mass is 79.9. The summed E-state index contributed by atoms with van der Waals surface area (Å²) < 4.78 is 0. The molecule has 0 radical (unpaired) electrons. The van der Waals surface area contributed by atoms with Crippen molar-refractivity contribution in [3.8, 4) is 0 Å². The van der Waals surface area contributed by atoms with Crippen LogP contribution < -0.4 is 10.9 Å². The van der Waals surface area contributed by atoms with Gasteiger partial charge in [0.2, 0.25) is 5.95 Å². The van der Waals surface area contributed by atoms with Crippen LogP contribution in [-0.2, 0) is 12.2 Å². The molecule has 11 heteroatoms. The number of aromatic nitrogens is 4. The van der Waals surface area contributed by atoms with Crippen molar-refractivity contribution in [3.63, 3.8) is 0 Å². The molecule has 6 nitrogen and oxygen atoms in total. The van der Waals surface area contributed by atoms with E-state index >= 15 is 0 Å². The molecule has 0 saturated heterocycles. The minimum absolute atomic E-state index is 0. The number of hydrogen-bond acceptors (Lipinski definition) is 7.